The molecule has 54 valence electrons. The fraction of sp³-hybridized carbons (Fsp3) is 0.286. The van der Waals surface area contributed by atoms with Gasteiger partial charge in [-0.1, -0.05) is 6.08 Å². The van der Waals surface area contributed by atoms with Crippen molar-refractivity contribution in [3.05, 3.63) is 30.6 Å². The summed E-state index contributed by atoms with van der Waals surface area (Å²) in [6, 6.07) is 0. The van der Waals surface area contributed by atoms with Crippen LogP contribution >= 0.6 is 0 Å². The molecule has 0 radical (unpaired) electrons. The van der Waals surface area contributed by atoms with Crippen molar-refractivity contribution in [3.63, 3.8) is 0 Å². The lowest BCUT2D eigenvalue weighted by atomic mass is 10.2. The molecule has 0 saturated carbocycles. The van der Waals surface area contributed by atoms with Crippen molar-refractivity contribution >= 4 is 0 Å². The number of aliphatic hydroxyl groups excluding tert-OH is 1. The van der Waals surface area contributed by atoms with Gasteiger partial charge in [0.15, 0.2) is 0 Å². The van der Waals surface area contributed by atoms with Gasteiger partial charge in [0.1, 0.15) is 0 Å². The van der Waals surface area contributed by atoms with Crippen molar-refractivity contribution in [1.29, 1.82) is 0 Å². The second-order valence-corrected chi connectivity index (χ2v) is 2.13. The molecule has 0 bridgehead atoms. The molecule has 1 aromatic heterocycles. The number of nitrogens with zero attached hydrogens (tertiary/aromatic N) is 2. The summed E-state index contributed by atoms with van der Waals surface area (Å²) in [5, 5.41) is 13.1. The van der Waals surface area contributed by atoms with E-state index in [-0.39, 0.29) is 0 Å². The first kappa shape index (κ1) is 7.02. The normalized spacial score (nSPS) is 13.0. The van der Waals surface area contributed by atoms with Crippen LogP contribution in [0.5, 0.6) is 0 Å². The highest BCUT2D eigenvalue weighted by atomic mass is 16.3. The largest absolute Gasteiger partial charge is 0.384 e. The van der Waals surface area contributed by atoms with Gasteiger partial charge in [0.25, 0.3) is 0 Å². The van der Waals surface area contributed by atoms with Crippen LogP contribution in [0.2, 0.25) is 0 Å². The Hall–Kier alpha value is -1.09. The topological polar surface area (TPSA) is 38.1 Å². The molecule has 0 aromatic carbocycles. The van der Waals surface area contributed by atoms with Gasteiger partial charge in [0.2, 0.25) is 0 Å². The molecule has 3 heteroatoms. The molecule has 1 atom stereocenters. The van der Waals surface area contributed by atoms with Crippen LogP contribution in [-0.4, -0.2) is 14.9 Å². The molecule has 1 N–H and O–H groups in total. The molecule has 1 unspecified atom stereocenters. The third-order valence-electron chi connectivity index (χ3n) is 1.29. The van der Waals surface area contributed by atoms with Crippen LogP contribution in [0.1, 0.15) is 11.7 Å². The maximum atomic E-state index is 9.17. The summed E-state index contributed by atoms with van der Waals surface area (Å²) in [6.07, 6.45) is 4.25. The number of aryl methyl sites for hydroxylation is 1. The molecule has 1 rings (SSSR count). The van der Waals surface area contributed by atoms with E-state index in [1.807, 2.05) is 0 Å². The molecule has 1 heterocycles. The highest BCUT2D eigenvalue weighted by Gasteiger charge is 2.02. The van der Waals surface area contributed by atoms with Crippen LogP contribution in [0.15, 0.2) is 25.0 Å². The van der Waals surface area contributed by atoms with Crippen LogP contribution in [-0.2, 0) is 7.05 Å². The van der Waals surface area contributed by atoms with Crippen molar-refractivity contribution in [1.82, 2.24) is 9.78 Å². The van der Waals surface area contributed by atoms with E-state index in [4.69, 9.17) is 0 Å². The van der Waals surface area contributed by atoms with E-state index in [0.717, 1.165) is 5.56 Å². The Kier molecular flexibility index (Phi) is 1.87. The number of rotatable bonds is 2. The van der Waals surface area contributed by atoms with Crippen LogP contribution in [0.3, 0.4) is 0 Å². The zero-order valence-electron chi connectivity index (χ0n) is 5.86. The van der Waals surface area contributed by atoms with E-state index in [1.165, 1.54) is 6.08 Å². The van der Waals surface area contributed by atoms with Crippen molar-refractivity contribution in [3.8, 4) is 0 Å². The van der Waals surface area contributed by atoms with Crippen molar-refractivity contribution < 1.29 is 5.11 Å². The Morgan fingerprint density at radius 3 is 3.00 bits per heavy atom. The first-order chi connectivity index (χ1) is 4.74. The quantitative estimate of drug-likeness (QED) is 0.609. The fourth-order valence-electron chi connectivity index (χ4n) is 0.729. The lowest BCUT2D eigenvalue weighted by Crippen LogP contribution is -1.89. The van der Waals surface area contributed by atoms with Crippen molar-refractivity contribution in [2.24, 2.45) is 7.05 Å². The summed E-state index contributed by atoms with van der Waals surface area (Å²) in [5.74, 6) is 0. The molecule has 0 aliphatic rings. The van der Waals surface area contributed by atoms with E-state index >= 15 is 0 Å². The molecule has 0 aliphatic carbocycles. The Morgan fingerprint density at radius 1 is 1.90 bits per heavy atom. The van der Waals surface area contributed by atoms with Gasteiger partial charge in [-0.3, -0.25) is 4.68 Å². The Balaban J connectivity index is 2.84. The van der Waals surface area contributed by atoms with E-state index in [0.29, 0.717) is 0 Å². The summed E-state index contributed by atoms with van der Waals surface area (Å²) >= 11 is 0. The van der Waals surface area contributed by atoms with E-state index in [1.54, 1.807) is 24.1 Å². The van der Waals surface area contributed by atoms with Crippen LogP contribution in [0, 0.1) is 0 Å². The molecule has 3 nitrogen and oxygen atoms in total. The van der Waals surface area contributed by atoms with Gasteiger partial charge < -0.3 is 5.11 Å². The SMILES string of the molecule is C=CC(O)c1cnn(C)c1. The van der Waals surface area contributed by atoms with Gasteiger partial charge in [0, 0.05) is 18.8 Å². The Labute approximate surface area is 59.6 Å². The molecule has 0 aliphatic heterocycles. The fourth-order valence-corrected chi connectivity index (χ4v) is 0.729. The van der Waals surface area contributed by atoms with Gasteiger partial charge >= 0.3 is 0 Å². The Morgan fingerprint density at radius 2 is 2.60 bits per heavy atom. The van der Waals surface area contributed by atoms with Crippen LogP contribution in [0.25, 0.3) is 0 Å². The third-order valence-corrected chi connectivity index (χ3v) is 1.29. The average Bonchev–Trinajstić information content (AvgIpc) is 2.34. The summed E-state index contributed by atoms with van der Waals surface area (Å²) < 4.78 is 1.64. The van der Waals surface area contributed by atoms with Gasteiger partial charge in [-0.15, -0.1) is 6.58 Å². The van der Waals surface area contributed by atoms with E-state index in [9.17, 15) is 5.11 Å². The summed E-state index contributed by atoms with van der Waals surface area (Å²) in [7, 11) is 1.80. The second kappa shape index (κ2) is 2.66. The molecule has 0 spiro atoms. The average molecular weight is 138 g/mol. The molecule has 10 heavy (non-hydrogen) atoms. The Bertz CT molecular complexity index is 229. The predicted molar refractivity (Wildman–Crippen MR) is 38.4 cm³/mol. The summed E-state index contributed by atoms with van der Waals surface area (Å²) in [5.41, 5.74) is 0.775. The highest BCUT2D eigenvalue weighted by Crippen LogP contribution is 2.10. The lowest BCUT2D eigenvalue weighted by molar-refractivity contribution is 0.229. The van der Waals surface area contributed by atoms with Crippen LogP contribution < -0.4 is 0 Å². The minimum atomic E-state index is -0.589. The van der Waals surface area contributed by atoms with Crippen molar-refractivity contribution in [2.45, 2.75) is 6.10 Å². The smallest absolute Gasteiger partial charge is 0.0999 e. The zero-order valence-corrected chi connectivity index (χ0v) is 5.86. The standard InChI is InChI=1S/C7H10N2O/c1-3-7(10)6-4-8-9(2)5-6/h3-5,7,10H,1H2,2H3. The summed E-state index contributed by atoms with van der Waals surface area (Å²) in [4.78, 5) is 0. The highest BCUT2D eigenvalue weighted by molar-refractivity contribution is 5.12. The first-order valence-electron chi connectivity index (χ1n) is 3.03. The monoisotopic (exact) mass is 138 g/mol. The van der Waals surface area contributed by atoms with E-state index < -0.39 is 6.10 Å². The molecule has 0 amide bonds. The maximum absolute atomic E-state index is 9.17. The minimum Gasteiger partial charge on any atom is -0.384 e. The number of aromatic nitrogens is 2. The maximum Gasteiger partial charge on any atom is 0.0999 e. The van der Waals surface area contributed by atoms with Gasteiger partial charge in [-0.2, -0.15) is 5.10 Å². The lowest BCUT2D eigenvalue weighted by Gasteiger charge is -1.97. The molecule has 1 aromatic rings. The van der Waals surface area contributed by atoms with Crippen molar-refractivity contribution in [2.75, 3.05) is 0 Å². The molecular weight excluding hydrogens is 128 g/mol. The number of aliphatic hydroxyl groups is 1. The van der Waals surface area contributed by atoms with Gasteiger partial charge in [-0.05, 0) is 0 Å². The summed E-state index contributed by atoms with van der Waals surface area (Å²) in [6.45, 7) is 3.46. The number of hydrogen-bond donors (Lipinski definition) is 1. The molecular formula is C7H10N2O. The van der Waals surface area contributed by atoms with Gasteiger partial charge in [0.05, 0.1) is 12.3 Å². The van der Waals surface area contributed by atoms with Crippen LogP contribution in [0.4, 0.5) is 0 Å². The minimum absolute atomic E-state index is 0.589. The first-order valence-corrected chi connectivity index (χ1v) is 3.03. The molecule has 0 saturated heterocycles. The molecule has 0 fully saturated rings. The predicted octanol–water partition coefficient (Wildman–Crippen LogP) is 0.639. The van der Waals surface area contributed by atoms with Gasteiger partial charge in [-0.25, -0.2) is 0 Å². The second-order valence-electron chi connectivity index (χ2n) is 2.13. The number of hydrogen-bond acceptors (Lipinski definition) is 2. The van der Waals surface area contributed by atoms with E-state index in [2.05, 4.69) is 11.7 Å². The third kappa shape index (κ3) is 1.25. The zero-order chi connectivity index (χ0) is 7.56.